The van der Waals surface area contributed by atoms with Gasteiger partial charge in [-0.1, -0.05) is 36.4 Å². The molecule has 2 heterocycles. The first-order valence-electron chi connectivity index (χ1n) is 10.3. The molecule has 0 aliphatic carbocycles. The summed E-state index contributed by atoms with van der Waals surface area (Å²) in [6.45, 7) is 0.257. The van der Waals surface area contributed by atoms with Gasteiger partial charge in [0.1, 0.15) is 11.4 Å². The van der Waals surface area contributed by atoms with Crippen LogP contribution in [0.3, 0.4) is 0 Å². The zero-order valence-corrected chi connectivity index (χ0v) is 18.0. The molecule has 1 amide bonds. The van der Waals surface area contributed by atoms with Crippen LogP contribution in [-0.2, 0) is 6.54 Å². The van der Waals surface area contributed by atoms with Crippen LogP contribution in [0.15, 0.2) is 75.9 Å². The molecule has 1 aliphatic rings. The van der Waals surface area contributed by atoms with Gasteiger partial charge >= 0.3 is 0 Å². The second kappa shape index (κ2) is 8.09. The molecule has 3 aromatic carbocycles. The number of methoxy groups -OCH3 is 2. The third-order valence-electron chi connectivity index (χ3n) is 5.85. The quantitative estimate of drug-likeness (QED) is 0.446. The minimum absolute atomic E-state index is 0.0326. The third-order valence-corrected chi connectivity index (χ3v) is 5.85. The molecule has 0 N–H and O–H groups in total. The van der Waals surface area contributed by atoms with Crippen molar-refractivity contribution in [3.63, 3.8) is 0 Å². The Kier molecular flexibility index (Phi) is 5.09. The summed E-state index contributed by atoms with van der Waals surface area (Å²) in [7, 11) is 3.05. The van der Waals surface area contributed by atoms with Crippen molar-refractivity contribution in [2.45, 2.75) is 12.6 Å². The highest BCUT2D eigenvalue weighted by molar-refractivity contribution is 5.99. The van der Waals surface area contributed by atoms with Gasteiger partial charge in [-0.25, -0.2) is 4.39 Å². The number of hydrogen-bond acceptors (Lipinski definition) is 5. The van der Waals surface area contributed by atoms with Crippen LogP contribution in [0.5, 0.6) is 11.5 Å². The lowest BCUT2D eigenvalue weighted by Gasteiger charge is -2.26. The highest BCUT2D eigenvalue weighted by Gasteiger charge is 2.43. The molecule has 0 saturated heterocycles. The number of fused-ring (bicyclic) bond motifs is 2. The summed E-state index contributed by atoms with van der Waals surface area (Å²) in [5.41, 5.74) is 1.46. The lowest BCUT2D eigenvalue weighted by atomic mass is 9.97. The molecule has 0 radical (unpaired) electrons. The molecule has 1 aromatic heterocycles. The number of benzene rings is 3. The highest BCUT2D eigenvalue weighted by Crippen LogP contribution is 2.41. The highest BCUT2D eigenvalue weighted by atomic mass is 19.1. The van der Waals surface area contributed by atoms with E-state index in [0.29, 0.717) is 17.1 Å². The van der Waals surface area contributed by atoms with E-state index < -0.39 is 23.2 Å². The Hall–Kier alpha value is -4.13. The van der Waals surface area contributed by atoms with Gasteiger partial charge < -0.3 is 18.8 Å². The van der Waals surface area contributed by atoms with E-state index >= 15 is 0 Å². The van der Waals surface area contributed by atoms with E-state index in [9.17, 15) is 14.0 Å². The predicted octanol–water partition coefficient (Wildman–Crippen LogP) is 4.69. The first kappa shape index (κ1) is 20.8. The zero-order valence-electron chi connectivity index (χ0n) is 18.0. The Morgan fingerprint density at radius 2 is 1.70 bits per heavy atom. The van der Waals surface area contributed by atoms with Crippen LogP contribution in [0, 0.1) is 5.82 Å². The maximum atomic E-state index is 13.9. The molecule has 4 aromatic rings. The van der Waals surface area contributed by atoms with Crippen molar-refractivity contribution in [2.24, 2.45) is 0 Å². The number of rotatable bonds is 5. The van der Waals surface area contributed by atoms with E-state index in [2.05, 4.69) is 0 Å². The molecule has 7 heteroatoms. The normalized spacial score (nSPS) is 15.1. The third kappa shape index (κ3) is 3.42. The van der Waals surface area contributed by atoms with Crippen LogP contribution in [0.2, 0.25) is 0 Å². The summed E-state index contributed by atoms with van der Waals surface area (Å²) in [4.78, 5) is 28.6. The minimum Gasteiger partial charge on any atom is -0.493 e. The second-order valence-corrected chi connectivity index (χ2v) is 7.75. The average molecular weight is 445 g/mol. The van der Waals surface area contributed by atoms with Crippen LogP contribution >= 0.6 is 0 Å². The van der Waals surface area contributed by atoms with Crippen molar-refractivity contribution in [3.05, 3.63) is 105 Å². The summed E-state index contributed by atoms with van der Waals surface area (Å²) in [6, 6.07) is 17.7. The van der Waals surface area contributed by atoms with E-state index in [1.165, 1.54) is 26.4 Å². The molecule has 1 aliphatic heterocycles. The van der Waals surface area contributed by atoms with Crippen LogP contribution in [0.4, 0.5) is 4.39 Å². The van der Waals surface area contributed by atoms with E-state index in [4.69, 9.17) is 13.9 Å². The topological polar surface area (TPSA) is 69.0 Å². The van der Waals surface area contributed by atoms with Gasteiger partial charge in [-0.3, -0.25) is 9.59 Å². The molecule has 1 unspecified atom stereocenters. The van der Waals surface area contributed by atoms with Crippen LogP contribution in [0.25, 0.3) is 11.0 Å². The summed E-state index contributed by atoms with van der Waals surface area (Å²) in [5, 5.41) is 0.0913. The average Bonchev–Trinajstić information content (AvgIpc) is 3.11. The Morgan fingerprint density at radius 1 is 0.939 bits per heavy atom. The Balaban J connectivity index is 1.74. The summed E-state index contributed by atoms with van der Waals surface area (Å²) in [5.74, 6) is -0.00512. The van der Waals surface area contributed by atoms with Crippen LogP contribution < -0.4 is 14.9 Å². The maximum absolute atomic E-state index is 13.9. The fourth-order valence-corrected chi connectivity index (χ4v) is 4.31. The predicted molar refractivity (Wildman–Crippen MR) is 120 cm³/mol. The monoisotopic (exact) mass is 445 g/mol. The fourth-order valence-electron chi connectivity index (χ4n) is 4.31. The molecule has 6 nitrogen and oxygen atoms in total. The Morgan fingerprint density at radius 3 is 2.42 bits per heavy atom. The lowest BCUT2D eigenvalue weighted by molar-refractivity contribution is 0.0714. The molecule has 0 bridgehead atoms. The number of carbonyl (C=O) groups is 1. The van der Waals surface area contributed by atoms with Crippen molar-refractivity contribution in [1.29, 1.82) is 0 Å². The molecule has 166 valence electrons. The molecular weight excluding hydrogens is 425 g/mol. The molecule has 0 saturated carbocycles. The van der Waals surface area contributed by atoms with Crippen LogP contribution in [-0.4, -0.2) is 25.0 Å². The van der Waals surface area contributed by atoms with Crippen molar-refractivity contribution in [1.82, 2.24) is 4.90 Å². The Labute approximate surface area is 188 Å². The van der Waals surface area contributed by atoms with Crippen molar-refractivity contribution in [3.8, 4) is 11.5 Å². The standard InChI is InChI=1S/C26H20FNO5/c1-31-20-10-8-16(12-21(20)32-2)23-22-24(29)18-13-17(27)9-11-19(18)33-25(22)26(30)28(23)14-15-6-4-3-5-7-15/h3-13,23H,14H2,1-2H3. The Bertz CT molecular complexity index is 1430. The van der Waals surface area contributed by atoms with E-state index in [-0.39, 0.29) is 28.8 Å². The van der Waals surface area contributed by atoms with Gasteiger partial charge in [0.25, 0.3) is 5.91 Å². The number of halogens is 1. The smallest absolute Gasteiger partial charge is 0.291 e. The van der Waals surface area contributed by atoms with Gasteiger partial charge in [-0.2, -0.15) is 0 Å². The van der Waals surface area contributed by atoms with Gasteiger partial charge in [0.2, 0.25) is 5.76 Å². The molecule has 33 heavy (non-hydrogen) atoms. The molecule has 0 spiro atoms. The number of ether oxygens (including phenoxy) is 2. The summed E-state index contributed by atoms with van der Waals surface area (Å²) >= 11 is 0. The van der Waals surface area contributed by atoms with Gasteiger partial charge in [0, 0.05) is 6.54 Å². The second-order valence-electron chi connectivity index (χ2n) is 7.75. The molecule has 1 atom stereocenters. The maximum Gasteiger partial charge on any atom is 0.291 e. The largest absolute Gasteiger partial charge is 0.493 e. The van der Waals surface area contributed by atoms with E-state index in [0.717, 1.165) is 11.6 Å². The fraction of sp³-hybridized carbons (Fsp3) is 0.154. The van der Waals surface area contributed by atoms with Crippen LogP contribution in [0.1, 0.15) is 33.3 Å². The number of carbonyl (C=O) groups excluding carboxylic acids is 1. The van der Waals surface area contributed by atoms with Gasteiger partial charge in [0.05, 0.1) is 31.2 Å². The van der Waals surface area contributed by atoms with Gasteiger partial charge in [0.15, 0.2) is 16.9 Å². The van der Waals surface area contributed by atoms with E-state index in [1.807, 2.05) is 30.3 Å². The summed E-state index contributed by atoms with van der Waals surface area (Å²) in [6.07, 6.45) is 0. The van der Waals surface area contributed by atoms with Gasteiger partial charge in [-0.15, -0.1) is 0 Å². The molecule has 5 rings (SSSR count). The van der Waals surface area contributed by atoms with Crippen molar-refractivity contribution >= 4 is 16.9 Å². The van der Waals surface area contributed by atoms with E-state index in [1.54, 1.807) is 23.1 Å². The minimum atomic E-state index is -0.739. The van der Waals surface area contributed by atoms with Crippen molar-refractivity contribution in [2.75, 3.05) is 14.2 Å². The molecular formula is C26H20FNO5. The van der Waals surface area contributed by atoms with Gasteiger partial charge in [-0.05, 0) is 41.5 Å². The number of amides is 1. The number of nitrogens with zero attached hydrogens (tertiary/aromatic N) is 1. The van der Waals surface area contributed by atoms with Crippen molar-refractivity contribution < 1.29 is 23.1 Å². The zero-order chi connectivity index (χ0) is 23.1. The first-order chi connectivity index (χ1) is 16.0. The first-order valence-corrected chi connectivity index (χ1v) is 10.3. The summed E-state index contributed by atoms with van der Waals surface area (Å²) < 4.78 is 30.6. The SMILES string of the molecule is COc1ccc(C2c3c(oc4ccc(F)cc4c3=O)C(=O)N2Cc2ccccc2)cc1OC. The lowest BCUT2D eigenvalue weighted by Crippen LogP contribution is -2.29. The number of hydrogen-bond donors (Lipinski definition) is 0. The molecule has 0 fully saturated rings.